The number of aliphatic hydroxyl groups excluding tert-OH is 2. The quantitative estimate of drug-likeness (QED) is 0.757. The van der Waals surface area contributed by atoms with Crippen LogP contribution < -0.4 is 4.74 Å². The lowest BCUT2D eigenvalue weighted by molar-refractivity contribution is 0.0394. The maximum atomic E-state index is 11.8. The Balaban J connectivity index is 2.37. The molecule has 0 saturated heterocycles. The van der Waals surface area contributed by atoms with E-state index in [9.17, 15) is 4.79 Å². The van der Waals surface area contributed by atoms with Gasteiger partial charge in [0.15, 0.2) is 5.75 Å². The van der Waals surface area contributed by atoms with Gasteiger partial charge >= 0.3 is 5.97 Å². The largest absolute Gasteiger partial charge is 0.486 e. The van der Waals surface area contributed by atoms with Crippen LogP contribution in [-0.4, -0.2) is 42.6 Å². The van der Waals surface area contributed by atoms with E-state index in [-0.39, 0.29) is 37.9 Å². The van der Waals surface area contributed by atoms with Crippen LogP contribution in [0.3, 0.4) is 0 Å². The second-order valence-electron chi connectivity index (χ2n) is 3.69. The highest BCUT2D eigenvalue weighted by molar-refractivity contribution is 5.98. The molecule has 6 nitrogen and oxygen atoms in total. The topological polar surface area (TPSA) is 89.1 Å². The molecule has 19 heavy (non-hydrogen) atoms. The molecule has 6 heteroatoms. The second-order valence-corrected chi connectivity index (χ2v) is 3.69. The van der Waals surface area contributed by atoms with Crippen LogP contribution in [0.5, 0.6) is 5.75 Å². The fourth-order valence-electron chi connectivity index (χ4n) is 1.65. The first-order valence-corrected chi connectivity index (χ1v) is 5.81. The van der Waals surface area contributed by atoms with Crippen LogP contribution in [0.15, 0.2) is 28.7 Å². The van der Waals surface area contributed by atoms with Gasteiger partial charge in [-0.2, -0.15) is 0 Å². The lowest BCUT2D eigenvalue weighted by Crippen LogP contribution is -2.10. The molecule has 0 spiro atoms. The molecule has 0 amide bonds. The molecule has 0 unspecified atom stereocenters. The van der Waals surface area contributed by atoms with Crippen LogP contribution in [-0.2, 0) is 4.74 Å². The summed E-state index contributed by atoms with van der Waals surface area (Å²) >= 11 is 0. The molecule has 0 aliphatic heterocycles. The van der Waals surface area contributed by atoms with Gasteiger partial charge in [0.2, 0.25) is 0 Å². The molecule has 2 aromatic rings. The average Bonchev–Trinajstić information content (AvgIpc) is 2.81. The Hall–Kier alpha value is -2.05. The SMILES string of the molecule is O=C(OCCO)c1oc2ccccc2c1OCCO. The zero-order chi connectivity index (χ0) is 13.7. The summed E-state index contributed by atoms with van der Waals surface area (Å²) in [6.45, 7) is -0.511. The van der Waals surface area contributed by atoms with Crippen molar-refractivity contribution in [3.63, 3.8) is 0 Å². The third-order valence-corrected chi connectivity index (χ3v) is 2.40. The molecule has 2 rings (SSSR count). The van der Waals surface area contributed by atoms with E-state index in [4.69, 9.17) is 24.1 Å². The number of furan rings is 1. The Labute approximate surface area is 109 Å². The van der Waals surface area contributed by atoms with Crippen LogP contribution in [0.2, 0.25) is 0 Å². The summed E-state index contributed by atoms with van der Waals surface area (Å²) in [6, 6.07) is 7.00. The van der Waals surface area contributed by atoms with E-state index in [1.165, 1.54) is 0 Å². The summed E-state index contributed by atoms with van der Waals surface area (Å²) in [5.74, 6) is -0.533. The first kappa shape index (κ1) is 13.4. The molecular formula is C13H14O6. The standard InChI is InChI=1S/C13H14O6/c14-5-7-17-11-9-3-1-2-4-10(9)19-12(11)13(16)18-8-6-15/h1-4,14-15H,5-8H2. The number of aliphatic hydroxyl groups is 2. The molecule has 2 N–H and O–H groups in total. The highest BCUT2D eigenvalue weighted by Gasteiger charge is 2.23. The van der Waals surface area contributed by atoms with Crippen LogP contribution in [0.4, 0.5) is 0 Å². The molecule has 1 heterocycles. The lowest BCUT2D eigenvalue weighted by Gasteiger charge is -2.04. The van der Waals surface area contributed by atoms with Crippen LogP contribution in [0, 0.1) is 0 Å². The van der Waals surface area contributed by atoms with Crippen molar-refractivity contribution in [1.29, 1.82) is 0 Å². The number of para-hydroxylation sites is 1. The average molecular weight is 266 g/mol. The number of fused-ring (bicyclic) bond motifs is 1. The Kier molecular flexibility index (Phi) is 4.38. The predicted molar refractivity (Wildman–Crippen MR) is 66.2 cm³/mol. The normalized spacial score (nSPS) is 10.6. The van der Waals surface area contributed by atoms with Crippen LogP contribution in [0.1, 0.15) is 10.6 Å². The van der Waals surface area contributed by atoms with Gasteiger partial charge in [-0.25, -0.2) is 4.79 Å². The van der Waals surface area contributed by atoms with Crippen molar-refractivity contribution in [3.05, 3.63) is 30.0 Å². The fraction of sp³-hybridized carbons (Fsp3) is 0.308. The van der Waals surface area contributed by atoms with E-state index < -0.39 is 5.97 Å². The summed E-state index contributed by atoms with van der Waals surface area (Å²) in [7, 11) is 0. The van der Waals surface area contributed by atoms with Gasteiger partial charge in [-0.1, -0.05) is 12.1 Å². The van der Waals surface area contributed by atoms with E-state index in [1.54, 1.807) is 24.3 Å². The van der Waals surface area contributed by atoms with E-state index in [1.807, 2.05) is 0 Å². The maximum Gasteiger partial charge on any atom is 0.378 e. The zero-order valence-corrected chi connectivity index (χ0v) is 10.2. The summed E-state index contributed by atoms with van der Waals surface area (Å²) in [4.78, 5) is 11.8. The minimum atomic E-state index is -0.710. The number of hydrogen-bond acceptors (Lipinski definition) is 6. The first-order valence-electron chi connectivity index (χ1n) is 5.81. The van der Waals surface area contributed by atoms with Gasteiger partial charge in [0, 0.05) is 0 Å². The molecule has 0 atom stereocenters. The Bertz CT molecular complexity index is 559. The van der Waals surface area contributed by atoms with Crippen molar-refractivity contribution in [2.24, 2.45) is 0 Å². The molecule has 0 aliphatic carbocycles. The van der Waals surface area contributed by atoms with Gasteiger partial charge < -0.3 is 24.1 Å². The fourth-order valence-corrected chi connectivity index (χ4v) is 1.65. The molecule has 0 aliphatic rings. The third kappa shape index (κ3) is 2.86. The number of rotatable bonds is 6. The van der Waals surface area contributed by atoms with Crippen molar-refractivity contribution in [2.45, 2.75) is 0 Å². The van der Waals surface area contributed by atoms with Gasteiger partial charge in [-0.15, -0.1) is 0 Å². The Morgan fingerprint density at radius 2 is 1.89 bits per heavy atom. The van der Waals surface area contributed by atoms with Crippen molar-refractivity contribution in [3.8, 4) is 5.75 Å². The molecule has 0 radical (unpaired) electrons. The number of carbonyl (C=O) groups excluding carboxylic acids is 1. The van der Waals surface area contributed by atoms with E-state index in [2.05, 4.69) is 0 Å². The maximum absolute atomic E-state index is 11.8. The van der Waals surface area contributed by atoms with Gasteiger partial charge in [0.1, 0.15) is 18.8 Å². The predicted octanol–water partition coefficient (Wildman–Crippen LogP) is 0.953. The second kappa shape index (κ2) is 6.21. The van der Waals surface area contributed by atoms with Crippen molar-refractivity contribution < 1.29 is 28.9 Å². The minimum absolute atomic E-state index is 0.0454. The van der Waals surface area contributed by atoms with Gasteiger partial charge in [-0.05, 0) is 12.1 Å². The van der Waals surface area contributed by atoms with Crippen LogP contribution >= 0.6 is 0 Å². The summed E-state index contributed by atoms with van der Waals surface area (Å²) in [5, 5.41) is 18.1. The van der Waals surface area contributed by atoms with Crippen molar-refractivity contribution in [2.75, 3.05) is 26.4 Å². The van der Waals surface area contributed by atoms with Crippen molar-refractivity contribution in [1.82, 2.24) is 0 Å². The van der Waals surface area contributed by atoms with Crippen molar-refractivity contribution >= 4 is 16.9 Å². The molecule has 0 bridgehead atoms. The lowest BCUT2D eigenvalue weighted by atomic mass is 10.2. The van der Waals surface area contributed by atoms with Gasteiger partial charge in [0.25, 0.3) is 5.76 Å². The molecular weight excluding hydrogens is 252 g/mol. The smallest absolute Gasteiger partial charge is 0.378 e. The Morgan fingerprint density at radius 3 is 2.63 bits per heavy atom. The highest BCUT2D eigenvalue weighted by Crippen LogP contribution is 2.33. The molecule has 1 aromatic carbocycles. The zero-order valence-electron chi connectivity index (χ0n) is 10.2. The third-order valence-electron chi connectivity index (χ3n) is 2.40. The van der Waals surface area contributed by atoms with E-state index >= 15 is 0 Å². The monoisotopic (exact) mass is 266 g/mol. The van der Waals surface area contributed by atoms with Crippen LogP contribution in [0.25, 0.3) is 11.0 Å². The summed E-state index contributed by atoms with van der Waals surface area (Å²) in [5.41, 5.74) is 0.492. The Morgan fingerprint density at radius 1 is 1.16 bits per heavy atom. The molecule has 0 saturated carbocycles. The molecule has 1 aromatic heterocycles. The van der Waals surface area contributed by atoms with E-state index in [0.717, 1.165) is 0 Å². The number of carbonyl (C=O) groups is 1. The first-order chi connectivity index (χ1) is 9.27. The number of benzene rings is 1. The number of esters is 1. The molecule has 0 fully saturated rings. The number of ether oxygens (including phenoxy) is 2. The summed E-state index contributed by atoms with van der Waals surface area (Å²) < 4.78 is 15.5. The molecule has 102 valence electrons. The number of hydrogen-bond donors (Lipinski definition) is 2. The van der Waals surface area contributed by atoms with Gasteiger partial charge in [0.05, 0.1) is 18.6 Å². The summed E-state index contributed by atoms with van der Waals surface area (Å²) in [6.07, 6.45) is 0. The highest BCUT2D eigenvalue weighted by atomic mass is 16.6. The van der Waals surface area contributed by atoms with Gasteiger partial charge in [-0.3, -0.25) is 0 Å². The minimum Gasteiger partial charge on any atom is -0.486 e. The van der Waals surface area contributed by atoms with E-state index in [0.29, 0.717) is 11.0 Å².